The van der Waals surface area contributed by atoms with E-state index in [2.05, 4.69) is 25.5 Å². The second-order valence-electron chi connectivity index (χ2n) is 7.31. The fraction of sp³-hybridized carbons (Fsp3) is 0.300. The second kappa shape index (κ2) is 7.69. The molecule has 0 aromatic carbocycles. The lowest BCUT2D eigenvalue weighted by Gasteiger charge is -2.22. The number of hydrogen-bond acceptors (Lipinski definition) is 6. The van der Waals surface area contributed by atoms with Crippen LogP contribution in [0.25, 0.3) is 11.3 Å². The number of nitrogens with one attached hydrogen (secondary N) is 2. The summed E-state index contributed by atoms with van der Waals surface area (Å²) in [5.41, 5.74) is 1.94. The minimum absolute atomic E-state index is 0.147. The van der Waals surface area contributed by atoms with Gasteiger partial charge in [0.25, 0.3) is 11.8 Å². The zero-order chi connectivity index (χ0) is 21.3. The molecule has 1 aliphatic heterocycles. The van der Waals surface area contributed by atoms with Gasteiger partial charge in [0.15, 0.2) is 5.82 Å². The van der Waals surface area contributed by atoms with Gasteiger partial charge in [0, 0.05) is 51.2 Å². The van der Waals surface area contributed by atoms with Crippen LogP contribution in [0.2, 0.25) is 0 Å². The summed E-state index contributed by atoms with van der Waals surface area (Å²) >= 11 is 0. The highest BCUT2D eigenvalue weighted by Gasteiger charge is 2.40. The van der Waals surface area contributed by atoms with Crippen molar-refractivity contribution in [2.24, 2.45) is 0 Å². The standard InChI is InChI=1S/C20H21F2N7O/c1-28(2)16-4-3-13(11-24-16)19(30)26-17-14(15-6-9-25-27-15)5-8-23-18(17)29-10-7-20(21,22)12-29/h3-6,8-9,11H,7,10,12H2,1-2H3,(H,25,27)(H,26,30). The Morgan fingerprint density at radius 3 is 2.63 bits per heavy atom. The number of aromatic nitrogens is 4. The normalized spacial score (nSPS) is 15.3. The molecule has 1 amide bonds. The third kappa shape index (κ3) is 3.93. The van der Waals surface area contributed by atoms with Gasteiger partial charge in [-0.1, -0.05) is 0 Å². The minimum Gasteiger partial charge on any atom is -0.363 e. The molecule has 0 spiro atoms. The smallest absolute Gasteiger partial charge is 0.266 e. The third-order valence-corrected chi connectivity index (χ3v) is 4.90. The van der Waals surface area contributed by atoms with Crippen LogP contribution in [0.3, 0.4) is 0 Å². The van der Waals surface area contributed by atoms with Crippen LogP contribution in [-0.2, 0) is 0 Å². The largest absolute Gasteiger partial charge is 0.363 e. The monoisotopic (exact) mass is 413 g/mol. The van der Waals surface area contributed by atoms with Crippen molar-refractivity contribution in [2.75, 3.05) is 42.3 Å². The van der Waals surface area contributed by atoms with Gasteiger partial charge in [-0.15, -0.1) is 0 Å². The number of H-pyrrole nitrogens is 1. The van der Waals surface area contributed by atoms with E-state index >= 15 is 0 Å². The maximum atomic E-state index is 13.8. The summed E-state index contributed by atoms with van der Waals surface area (Å²) in [5, 5.41) is 9.64. The topological polar surface area (TPSA) is 90.0 Å². The van der Waals surface area contributed by atoms with E-state index in [0.717, 1.165) is 0 Å². The van der Waals surface area contributed by atoms with Crippen LogP contribution >= 0.6 is 0 Å². The molecule has 1 saturated heterocycles. The van der Waals surface area contributed by atoms with E-state index in [1.165, 1.54) is 17.3 Å². The first-order chi connectivity index (χ1) is 14.3. The lowest BCUT2D eigenvalue weighted by Crippen LogP contribution is -2.27. The Kier molecular flexibility index (Phi) is 5.06. The van der Waals surface area contributed by atoms with Gasteiger partial charge in [0.05, 0.1) is 23.5 Å². The predicted octanol–water partition coefficient (Wildman–Crippen LogP) is 3.03. The molecule has 10 heteroatoms. The molecule has 0 bridgehead atoms. The number of carbonyl (C=O) groups excluding carboxylic acids is 1. The molecular formula is C20H21F2N7O. The summed E-state index contributed by atoms with van der Waals surface area (Å²) in [6, 6.07) is 6.83. The summed E-state index contributed by atoms with van der Waals surface area (Å²) in [5.74, 6) is -2.19. The number of rotatable bonds is 5. The Bertz CT molecular complexity index is 1040. The quantitative estimate of drug-likeness (QED) is 0.668. The highest BCUT2D eigenvalue weighted by Crippen LogP contribution is 2.38. The molecule has 8 nitrogen and oxygen atoms in total. The molecule has 0 radical (unpaired) electrons. The van der Waals surface area contributed by atoms with Crippen molar-refractivity contribution in [1.82, 2.24) is 20.2 Å². The SMILES string of the molecule is CN(C)c1ccc(C(=O)Nc2c(-c3ccn[nH]3)ccnc2N2CCC(F)(F)C2)cn1. The highest BCUT2D eigenvalue weighted by molar-refractivity contribution is 6.08. The lowest BCUT2D eigenvalue weighted by atomic mass is 10.1. The van der Waals surface area contributed by atoms with Gasteiger partial charge in [0.2, 0.25) is 0 Å². The van der Waals surface area contributed by atoms with Crippen LogP contribution < -0.4 is 15.1 Å². The fourth-order valence-corrected chi connectivity index (χ4v) is 3.33. The molecule has 0 saturated carbocycles. The first-order valence-corrected chi connectivity index (χ1v) is 9.40. The fourth-order valence-electron chi connectivity index (χ4n) is 3.33. The molecule has 1 aliphatic rings. The molecule has 0 atom stereocenters. The molecule has 156 valence electrons. The number of carbonyl (C=O) groups is 1. The Balaban J connectivity index is 1.70. The molecule has 0 unspecified atom stereocenters. The maximum Gasteiger partial charge on any atom is 0.266 e. The molecular weight excluding hydrogens is 392 g/mol. The molecule has 4 heterocycles. The summed E-state index contributed by atoms with van der Waals surface area (Å²) in [6.45, 7) is -0.303. The average molecular weight is 413 g/mol. The van der Waals surface area contributed by atoms with E-state index < -0.39 is 18.4 Å². The highest BCUT2D eigenvalue weighted by atomic mass is 19.3. The summed E-state index contributed by atoms with van der Waals surface area (Å²) in [4.78, 5) is 24.8. The van der Waals surface area contributed by atoms with Crippen molar-refractivity contribution >= 4 is 23.2 Å². The second-order valence-corrected chi connectivity index (χ2v) is 7.31. The van der Waals surface area contributed by atoms with Crippen molar-refractivity contribution in [3.05, 3.63) is 48.4 Å². The minimum atomic E-state index is -2.79. The van der Waals surface area contributed by atoms with Crippen LogP contribution in [0.1, 0.15) is 16.8 Å². The number of aromatic amines is 1. The Morgan fingerprint density at radius 1 is 1.20 bits per heavy atom. The van der Waals surface area contributed by atoms with Gasteiger partial charge in [-0.3, -0.25) is 9.89 Å². The molecule has 3 aromatic heterocycles. The van der Waals surface area contributed by atoms with E-state index in [-0.39, 0.29) is 13.0 Å². The Labute approximate surface area is 171 Å². The first kappa shape index (κ1) is 19.7. The number of anilines is 3. The van der Waals surface area contributed by atoms with Gasteiger partial charge >= 0.3 is 0 Å². The van der Waals surface area contributed by atoms with Crippen molar-refractivity contribution < 1.29 is 13.6 Å². The molecule has 3 aromatic rings. The lowest BCUT2D eigenvalue weighted by molar-refractivity contribution is 0.0257. The van der Waals surface area contributed by atoms with Crippen LogP contribution in [0, 0.1) is 0 Å². The van der Waals surface area contributed by atoms with Crippen molar-refractivity contribution in [3.63, 3.8) is 0 Å². The number of alkyl halides is 2. The molecule has 30 heavy (non-hydrogen) atoms. The Morgan fingerprint density at radius 2 is 2.03 bits per heavy atom. The van der Waals surface area contributed by atoms with Gasteiger partial charge in [0.1, 0.15) is 5.82 Å². The number of halogens is 2. The number of pyridine rings is 2. The van der Waals surface area contributed by atoms with E-state index in [1.807, 2.05) is 19.0 Å². The predicted molar refractivity (Wildman–Crippen MR) is 110 cm³/mol. The van der Waals surface area contributed by atoms with Crippen molar-refractivity contribution in [3.8, 4) is 11.3 Å². The zero-order valence-electron chi connectivity index (χ0n) is 16.6. The number of hydrogen-bond donors (Lipinski definition) is 2. The third-order valence-electron chi connectivity index (χ3n) is 4.90. The molecule has 0 aliphatic carbocycles. The van der Waals surface area contributed by atoms with E-state index in [0.29, 0.717) is 34.1 Å². The van der Waals surface area contributed by atoms with Crippen molar-refractivity contribution in [2.45, 2.75) is 12.3 Å². The van der Waals surface area contributed by atoms with Gasteiger partial charge < -0.3 is 15.1 Å². The summed E-state index contributed by atoms with van der Waals surface area (Å²) in [7, 11) is 3.71. The van der Waals surface area contributed by atoms with Crippen molar-refractivity contribution in [1.29, 1.82) is 0 Å². The van der Waals surface area contributed by atoms with Gasteiger partial charge in [-0.25, -0.2) is 18.7 Å². The van der Waals surface area contributed by atoms with Gasteiger partial charge in [-0.2, -0.15) is 5.10 Å². The van der Waals surface area contributed by atoms with Crippen LogP contribution in [0.4, 0.5) is 26.1 Å². The van der Waals surface area contributed by atoms with Crippen LogP contribution in [0.15, 0.2) is 42.9 Å². The molecule has 2 N–H and O–H groups in total. The molecule has 1 fully saturated rings. The molecule has 4 rings (SSSR count). The van der Waals surface area contributed by atoms with E-state index in [4.69, 9.17) is 0 Å². The first-order valence-electron chi connectivity index (χ1n) is 9.40. The van der Waals surface area contributed by atoms with Gasteiger partial charge in [-0.05, 0) is 24.3 Å². The summed E-state index contributed by atoms with van der Waals surface area (Å²) < 4.78 is 27.7. The van der Waals surface area contributed by atoms with Crippen LogP contribution in [0.5, 0.6) is 0 Å². The Hall–Kier alpha value is -3.56. The van der Waals surface area contributed by atoms with Crippen LogP contribution in [-0.4, -0.2) is 59.2 Å². The average Bonchev–Trinajstić information content (AvgIpc) is 3.37. The maximum absolute atomic E-state index is 13.8. The number of amides is 1. The summed E-state index contributed by atoms with van der Waals surface area (Å²) in [6.07, 6.45) is 4.33. The number of nitrogens with zero attached hydrogens (tertiary/aromatic N) is 5. The van der Waals surface area contributed by atoms with E-state index in [9.17, 15) is 13.6 Å². The van der Waals surface area contributed by atoms with E-state index in [1.54, 1.807) is 30.5 Å². The zero-order valence-corrected chi connectivity index (χ0v) is 16.6.